The zero-order valence-electron chi connectivity index (χ0n) is 4.35. The topological polar surface area (TPSA) is 26.0 Å². The molecule has 0 saturated carbocycles. The molecule has 0 radical (unpaired) electrons. The molecular weight excluding hydrogens is 106 g/mol. The first-order chi connectivity index (χ1) is 3.27. The van der Waals surface area contributed by atoms with Crippen molar-refractivity contribution in [3.63, 3.8) is 0 Å². The Bertz CT molecular complexity index is 86.1. The third-order valence-electron chi connectivity index (χ3n) is 0.431. The van der Waals surface area contributed by atoms with Gasteiger partial charge >= 0.3 is 0 Å². The molecule has 0 rings (SSSR count). The van der Waals surface area contributed by atoms with E-state index >= 15 is 0 Å². The highest BCUT2D eigenvalue weighted by atomic mass is 32.2. The quantitative estimate of drug-likeness (QED) is 0.437. The minimum absolute atomic E-state index is 1.03. The molecule has 0 amide bonds. The van der Waals surface area contributed by atoms with Gasteiger partial charge in [0.05, 0.1) is 0 Å². The summed E-state index contributed by atoms with van der Waals surface area (Å²) in [5, 5.41) is 6.86. The molecular formula is C5H9NS. The van der Waals surface area contributed by atoms with Gasteiger partial charge in [0.25, 0.3) is 0 Å². The lowest BCUT2D eigenvalue weighted by atomic mass is 10.4. The predicted octanol–water partition coefficient (Wildman–Crippen LogP) is 1.68. The highest BCUT2D eigenvalue weighted by molar-refractivity contribution is 7.99. The smallest absolute Gasteiger partial charge is 0.0136 e. The van der Waals surface area contributed by atoms with E-state index in [9.17, 15) is 0 Å². The molecule has 7 heavy (non-hydrogen) atoms. The maximum absolute atomic E-state index is 5.07. The van der Waals surface area contributed by atoms with E-state index in [1.54, 1.807) is 5.41 Å². The Labute approximate surface area is 48.4 Å². The molecule has 0 aromatic heterocycles. The summed E-state index contributed by atoms with van der Waals surface area (Å²) in [7, 11) is 0. The van der Waals surface area contributed by atoms with Crippen LogP contribution in [0, 0.1) is 0 Å². The average molecular weight is 115 g/mol. The molecule has 40 valence electrons. The van der Waals surface area contributed by atoms with Gasteiger partial charge < -0.3 is 0 Å². The van der Waals surface area contributed by atoms with Gasteiger partial charge in [0, 0.05) is 0 Å². The molecule has 0 unspecified atom stereocenters. The fraction of sp³-hybridized carbons (Fsp3) is 0.200. The van der Waals surface area contributed by atoms with E-state index in [1.165, 1.54) is 11.9 Å². The SMILES string of the molecule is C=C(C)/C=C\SN. The van der Waals surface area contributed by atoms with Gasteiger partial charge in [-0.05, 0) is 12.3 Å². The monoisotopic (exact) mass is 115 g/mol. The van der Waals surface area contributed by atoms with E-state index in [0.29, 0.717) is 0 Å². The second-order valence-corrected chi connectivity index (χ2v) is 1.83. The van der Waals surface area contributed by atoms with Crippen LogP contribution in [0.15, 0.2) is 23.6 Å². The maximum atomic E-state index is 5.07. The highest BCUT2D eigenvalue weighted by Gasteiger charge is 1.68. The van der Waals surface area contributed by atoms with Crippen molar-refractivity contribution in [2.24, 2.45) is 5.14 Å². The van der Waals surface area contributed by atoms with Crippen LogP contribution in [-0.2, 0) is 0 Å². The van der Waals surface area contributed by atoms with Gasteiger partial charge in [0.2, 0.25) is 0 Å². The third-order valence-corrected chi connectivity index (χ3v) is 0.724. The first-order valence-electron chi connectivity index (χ1n) is 1.95. The summed E-state index contributed by atoms with van der Waals surface area (Å²) in [5.41, 5.74) is 1.03. The van der Waals surface area contributed by atoms with E-state index in [4.69, 9.17) is 5.14 Å². The van der Waals surface area contributed by atoms with E-state index in [1.807, 2.05) is 13.0 Å². The highest BCUT2D eigenvalue weighted by Crippen LogP contribution is 1.93. The molecule has 0 aromatic rings. The van der Waals surface area contributed by atoms with Crippen LogP contribution in [0.5, 0.6) is 0 Å². The Balaban J connectivity index is 3.26. The van der Waals surface area contributed by atoms with Gasteiger partial charge in [0.15, 0.2) is 0 Å². The summed E-state index contributed by atoms with van der Waals surface area (Å²) >= 11 is 1.19. The molecule has 0 aliphatic rings. The van der Waals surface area contributed by atoms with Crippen molar-refractivity contribution in [1.29, 1.82) is 0 Å². The van der Waals surface area contributed by atoms with E-state index < -0.39 is 0 Å². The second-order valence-electron chi connectivity index (χ2n) is 1.29. The molecule has 0 aliphatic carbocycles. The van der Waals surface area contributed by atoms with E-state index in [-0.39, 0.29) is 0 Å². The molecule has 0 bridgehead atoms. The largest absolute Gasteiger partial charge is 0.274 e. The lowest BCUT2D eigenvalue weighted by molar-refractivity contribution is 1.57. The zero-order valence-corrected chi connectivity index (χ0v) is 5.16. The van der Waals surface area contributed by atoms with Crippen LogP contribution >= 0.6 is 11.9 Å². The average Bonchev–Trinajstić information content (AvgIpc) is 1.61. The summed E-state index contributed by atoms with van der Waals surface area (Å²) in [6, 6.07) is 0. The molecule has 0 fully saturated rings. The summed E-state index contributed by atoms with van der Waals surface area (Å²) in [5.74, 6) is 0. The van der Waals surface area contributed by atoms with Crippen molar-refractivity contribution in [1.82, 2.24) is 0 Å². The molecule has 0 heterocycles. The zero-order chi connectivity index (χ0) is 5.70. The lowest BCUT2D eigenvalue weighted by Gasteiger charge is -1.79. The molecule has 0 aromatic carbocycles. The van der Waals surface area contributed by atoms with Crippen molar-refractivity contribution < 1.29 is 0 Å². The van der Waals surface area contributed by atoms with Crippen LogP contribution in [0.4, 0.5) is 0 Å². The fourth-order valence-electron chi connectivity index (χ4n) is 0.155. The van der Waals surface area contributed by atoms with Crippen molar-refractivity contribution in [3.05, 3.63) is 23.6 Å². The van der Waals surface area contributed by atoms with Gasteiger partial charge in [-0.1, -0.05) is 30.2 Å². The van der Waals surface area contributed by atoms with Crippen molar-refractivity contribution in [3.8, 4) is 0 Å². The van der Waals surface area contributed by atoms with Crippen LogP contribution in [-0.4, -0.2) is 0 Å². The minimum Gasteiger partial charge on any atom is -0.274 e. The Hall–Kier alpha value is -0.210. The fourth-order valence-corrected chi connectivity index (χ4v) is 0.466. The van der Waals surface area contributed by atoms with Crippen molar-refractivity contribution in [2.45, 2.75) is 6.92 Å². The van der Waals surface area contributed by atoms with Crippen LogP contribution < -0.4 is 5.14 Å². The molecule has 0 atom stereocenters. The Morgan fingerprint density at radius 1 is 1.86 bits per heavy atom. The number of hydrogen-bond acceptors (Lipinski definition) is 2. The standard InChI is InChI=1S/C5H9NS/c1-5(2)3-4-7-6/h3-4H,1,6H2,2H3/b4-3-. The Morgan fingerprint density at radius 3 is 2.57 bits per heavy atom. The van der Waals surface area contributed by atoms with E-state index in [0.717, 1.165) is 5.57 Å². The van der Waals surface area contributed by atoms with Crippen LogP contribution in [0.3, 0.4) is 0 Å². The molecule has 0 spiro atoms. The Morgan fingerprint density at radius 2 is 2.43 bits per heavy atom. The van der Waals surface area contributed by atoms with Gasteiger partial charge in [-0.25, -0.2) is 0 Å². The van der Waals surface area contributed by atoms with Gasteiger partial charge in [-0.2, -0.15) is 0 Å². The summed E-state index contributed by atoms with van der Waals surface area (Å²) < 4.78 is 0. The number of hydrogen-bond donors (Lipinski definition) is 1. The summed E-state index contributed by atoms with van der Waals surface area (Å²) in [6.07, 6.45) is 1.87. The van der Waals surface area contributed by atoms with Gasteiger partial charge in [-0.3, -0.25) is 5.14 Å². The third kappa shape index (κ3) is 5.79. The molecule has 1 nitrogen and oxygen atoms in total. The maximum Gasteiger partial charge on any atom is -0.0136 e. The normalized spacial score (nSPS) is 10.0. The lowest BCUT2D eigenvalue weighted by Crippen LogP contribution is -1.68. The number of allylic oxidation sites excluding steroid dienone is 2. The molecule has 2 heteroatoms. The predicted molar refractivity (Wildman–Crippen MR) is 35.7 cm³/mol. The van der Waals surface area contributed by atoms with E-state index in [2.05, 4.69) is 6.58 Å². The van der Waals surface area contributed by atoms with Crippen molar-refractivity contribution in [2.75, 3.05) is 0 Å². The first-order valence-corrected chi connectivity index (χ1v) is 2.89. The van der Waals surface area contributed by atoms with Gasteiger partial charge in [0.1, 0.15) is 0 Å². The van der Waals surface area contributed by atoms with Crippen LogP contribution in [0.1, 0.15) is 6.92 Å². The van der Waals surface area contributed by atoms with Gasteiger partial charge in [-0.15, -0.1) is 0 Å². The number of nitrogens with two attached hydrogens (primary N) is 1. The van der Waals surface area contributed by atoms with Crippen LogP contribution in [0.2, 0.25) is 0 Å². The summed E-state index contributed by atoms with van der Waals surface area (Å²) in [4.78, 5) is 0. The molecule has 0 saturated heterocycles. The second kappa shape index (κ2) is 3.96. The van der Waals surface area contributed by atoms with Crippen molar-refractivity contribution >= 4 is 11.9 Å². The number of rotatable bonds is 2. The first kappa shape index (κ1) is 6.79. The minimum atomic E-state index is 1.03. The Kier molecular flexibility index (Phi) is 3.84. The summed E-state index contributed by atoms with van der Waals surface area (Å²) in [6.45, 7) is 5.56. The van der Waals surface area contributed by atoms with Crippen LogP contribution in [0.25, 0.3) is 0 Å². The molecule has 2 N–H and O–H groups in total. The molecule has 0 aliphatic heterocycles.